The molecular formula is C53H78F12O12. The normalized spacial score (nSPS) is 22.7. The highest BCUT2D eigenvalue weighted by atomic mass is 19.4. The van der Waals surface area contributed by atoms with Crippen molar-refractivity contribution >= 4 is 29.8 Å². The van der Waals surface area contributed by atoms with Crippen molar-refractivity contribution in [2.75, 3.05) is 0 Å². The molecule has 3 heterocycles. The predicted molar refractivity (Wildman–Crippen MR) is 257 cm³/mol. The maximum atomic E-state index is 13.1. The average molecular weight is 1140 g/mol. The van der Waals surface area contributed by atoms with Gasteiger partial charge in [-0.25, -0.2) is 0 Å². The molecule has 0 saturated carbocycles. The van der Waals surface area contributed by atoms with Crippen molar-refractivity contribution in [3.05, 3.63) is 35.4 Å². The molecule has 0 spiro atoms. The lowest BCUT2D eigenvalue weighted by Crippen LogP contribution is -2.60. The van der Waals surface area contributed by atoms with Gasteiger partial charge in [-0.1, -0.05) is 79.7 Å². The summed E-state index contributed by atoms with van der Waals surface area (Å²) in [5.41, 5.74) is -9.55. The maximum absolute atomic E-state index is 13.1. The number of fused-ring (bicyclic) bond motifs is 1. The Hall–Kier alpha value is -4.35. The molecule has 446 valence electrons. The number of esters is 5. The van der Waals surface area contributed by atoms with Crippen molar-refractivity contribution in [1.82, 2.24) is 0 Å². The molecule has 1 N–H and O–H groups in total. The standard InChI is InChI=1S/C18H20F6O7.C14H22.C12H21F3O3.C9H15F3O2/c1-5-14(2,3)11(25)29-8-7-6-16(10(28-7)9(8)30-12(16)26)13(27)31-15(4,17(19,20)21)18(22,23)24;1-6-11(2)12-7-9-13(10-8-12)14(3,4)5;1-6-10(3,4)9(16)18-8(2)7-11(5,17)12(13,14)15;1-5-8(3,4)7(13)14-6(2)9(10,11)12/h7-10H,5-6H2,1-4H3;7-11H,6H2,1-5H3;8,17H,6-7H2,1-5H3;6H,5H2,1-4H3. The van der Waals surface area contributed by atoms with Crippen LogP contribution in [0.25, 0.3) is 0 Å². The van der Waals surface area contributed by atoms with Crippen LogP contribution in [0.3, 0.4) is 0 Å². The number of alkyl halides is 12. The molecule has 12 nitrogen and oxygen atoms in total. The molecular weight excluding hydrogens is 1060 g/mol. The van der Waals surface area contributed by atoms with Crippen molar-refractivity contribution in [3.8, 4) is 0 Å². The molecule has 9 atom stereocenters. The van der Waals surface area contributed by atoms with Crippen LogP contribution in [0, 0.1) is 21.7 Å². The van der Waals surface area contributed by atoms with Gasteiger partial charge in [0.1, 0.15) is 18.3 Å². The third kappa shape index (κ3) is 17.1. The van der Waals surface area contributed by atoms with Gasteiger partial charge in [0.2, 0.25) is 0 Å². The number of hydrogen-bond acceptors (Lipinski definition) is 12. The third-order valence-corrected chi connectivity index (χ3v) is 14.5. The molecule has 3 aliphatic heterocycles. The lowest BCUT2D eigenvalue weighted by Gasteiger charge is -2.36. The number of hydrogen-bond donors (Lipinski definition) is 1. The fourth-order valence-electron chi connectivity index (χ4n) is 6.97. The third-order valence-electron chi connectivity index (χ3n) is 14.5. The van der Waals surface area contributed by atoms with E-state index < -0.39 is 137 Å². The highest BCUT2D eigenvalue weighted by molar-refractivity contribution is 6.03. The molecule has 4 rings (SSSR count). The molecule has 0 aromatic heterocycles. The van der Waals surface area contributed by atoms with Gasteiger partial charge in [0.15, 0.2) is 29.3 Å². The van der Waals surface area contributed by atoms with Crippen LogP contribution in [-0.2, 0) is 57.8 Å². The Bertz CT molecular complexity index is 2140. The van der Waals surface area contributed by atoms with E-state index in [-0.39, 0.29) is 12.3 Å². The highest BCUT2D eigenvalue weighted by Gasteiger charge is 2.80. The quantitative estimate of drug-likeness (QED) is 0.0767. The Balaban J connectivity index is 0.000000552. The zero-order valence-corrected chi connectivity index (χ0v) is 47.1. The zero-order chi connectivity index (χ0) is 60.9. The van der Waals surface area contributed by atoms with Crippen LogP contribution in [0.15, 0.2) is 24.3 Å². The van der Waals surface area contributed by atoms with Gasteiger partial charge in [0.25, 0.3) is 5.60 Å². The molecule has 77 heavy (non-hydrogen) atoms. The molecule has 2 bridgehead atoms. The van der Waals surface area contributed by atoms with Gasteiger partial charge in [-0.15, -0.1) is 0 Å². The van der Waals surface area contributed by atoms with E-state index in [1.54, 1.807) is 62.3 Å². The molecule has 24 heteroatoms. The first kappa shape index (κ1) is 70.7. The van der Waals surface area contributed by atoms with E-state index in [0.29, 0.717) is 32.1 Å². The summed E-state index contributed by atoms with van der Waals surface area (Å²) in [7, 11) is 0. The van der Waals surface area contributed by atoms with Gasteiger partial charge in [0, 0.05) is 12.8 Å². The molecule has 1 aromatic rings. The Labute approximate surface area is 443 Å². The van der Waals surface area contributed by atoms with Crippen LogP contribution in [0.5, 0.6) is 0 Å². The number of carbonyl (C=O) groups excluding carboxylic acids is 5. The predicted octanol–water partition coefficient (Wildman–Crippen LogP) is 13.3. The van der Waals surface area contributed by atoms with Gasteiger partial charge in [0.05, 0.1) is 16.2 Å². The fourth-order valence-corrected chi connectivity index (χ4v) is 6.97. The van der Waals surface area contributed by atoms with E-state index in [0.717, 1.165) is 6.92 Å². The minimum absolute atomic E-state index is 0.272. The van der Waals surface area contributed by atoms with Crippen molar-refractivity contribution in [2.24, 2.45) is 21.7 Å². The monoisotopic (exact) mass is 1130 g/mol. The van der Waals surface area contributed by atoms with E-state index in [1.807, 2.05) is 0 Å². The minimum Gasteiger partial charge on any atom is -0.462 e. The second kappa shape index (κ2) is 25.0. The number of rotatable bonds is 15. The first-order valence-corrected chi connectivity index (χ1v) is 25.1. The van der Waals surface area contributed by atoms with Crippen molar-refractivity contribution in [3.63, 3.8) is 0 Å². The van der Waals surface area contributed by atoms with Gasteiger partial charge >= 0.3 is 54.6 Å². The average Bonchev–Trinajstić information content (AvgIpc) is 3.90. The summed E-state index contributed by atoms with van der Waals surface area (Å²) in [6.45, 7) is 28.6. The van der Waals surface area contributed by atoms with E-state index in [9.17, 15) is 81.8 Å². The van der Waals surface area contributed by atoms with Crippen LogP contribution < -0.4 is 0 Å². The maximum Gasteiger partial charge on any atom is 0.437 e. The highest BCUT2D eigenvalue weighted by Crippen LogP contribution is 2.58. The number of carbonyl (C=O) groups is 5. The lowest BCUT2D eigenvalue weighted by molar-refractivity contribution is -0.364. The van der Waals surface area contributed by atoms with Gasteiger partial charge in [-0.2, -0.15) is 52.7 Å². The summed E-state index contributed by atoms with van der Waals surface area (Å²) in [6, 6.07) is 9.08. The summed E-state index contributed by atoms with van der Waals surface area (Å²) in [6.07, 6.45) is -28.2. The van der Waals surface area contributed by atoms with Crippen LogP contribution in [0.2, 0.25) is 0 Å². The number of benzene rings is 1. The van der Waals surface area contributed by atoms with Crippen molar-refractivity contribution < 1.29 is 110 Å². The Morgan fingerprint density at radius 2 is 1.09 bits per heavy atom. The van der Waals surface area contributed by atoms with Gasteiger partial charge in [-0.3, -0.25) is 24.0 Å². The number of halogens is 12. The summed E-state index contributed by atoms with van der Waals surface area (Å²) in [5, 5.41) is 9.28. The van der Waals surface area contributed by atoms with Gasteiger partial charge in [-0.05, 0) is 117 Å². The zero-order valence-electron chi connectivity index (χ0n) is 47.1. The first-order chi connectivity index (χ1) is 34.3. The molecule has 0 radical (unpaired) electrons. The Morgan fingerprint density at radius 3 is 1.47 bits per heavy atom. The van der Waals surface area contributed by atoms with Crippen LogP contribution in [0.1, 0.15) is 180 Å². The summed E-state index contributed by atoms with van der Waals surface area (Å²) in [4.78, 5) is 60.2. The molecule has 0 aliphatic carbocycles. The van der Waals surface area contributed by atoms with E-state index in [2.05, 4.69) is 68.4 Å². The summed E-state index contributed by atoms with van der Waals surface area (Å²) >= 11 is 0. The molecule has 3 fully saturated rings. The SMILES string of the molecule is CCC(C)(C)C(=O)OC(C)C(F)(F)F.CCC(C)(C)C(=O)OC(C)CC(C)(O)C(F)(F)F.CCC(C)(C)C(=O)OC1C2CC3(C(=O)OC(C)(C(F)(F)F)C(F)(F)F)C(=O)OC1C3O2.CCC(C)c1ccc(C(C)(C)C)cc1. The molecule has 9 unspecified atom stereocenters. The topological polar surface area (TPSA) is 161 Å². The van der Waals surface area contributed by atoms with Crippen LogP contribution in [-0.4, -0.2) is 107 Å². The number of aliphatic hydroxyl groups is 1. The smallest absolute Gasteiger partial charge is 0.437 e. The fraction of sp³-hybridized carbons (Fsp3) is 0.792. The van der Waals surface area contributed by atoms with E-state index in [4.69, 9.17) is 18.9 Å². The molecule has 3 saturated heterocycles. The molecule has 1 aromatic carbocycles. The van der Waals surface area contributed by atoms with E-state index >= 15 is 0 Å². The van der Waals surface area contributed by atoms with Crippen molar-refractivity contribution in [2.45, 2.75) is 247 Å². The summed E-state index contributed by atoms with van der Waals surface area (Å²) < 4.78 is 181. The minimum atomic E-state index is -6.00. The second-order valence-corrected chi connectivity index (χ2v) is 23.1. The van der Waals surface area contributed by atoms with Gasteiger partial charge < -0.3 is 33.5 Å². The summed E-state index contributed by atoms with van der Waals surface area (Å²) in [5.74, 6) is -4.78. The lowest BCUT2D eigenvalue weighted by atomic mass is 9.74. The first-order valence-electron chi connectivity index (χ1n) is 25.1. The van der Waals surface area contributed by atoms with E-state index in [1.165, 1.54) is 24.5 Å². The Morgan fingerprint density at radius 1 is 0.662 bits per heavy atom. The molecule has 0 amide bonds. The second-order valence-electron chi connectivity index (χ2n) is 23.1. The van der Waals surface area contributed by atoms with Crippen molar-refractivity contribution in [1.29, 1.82) is 0 Å². The Kier molecular flexibility index (Phi) is 22.9. The largest absolute Gasteiger partial charge is 0.462 e. The number of ether oxygens (including phenoxy) is 6. The van der Waals surface area contributed by atoms with Crippen LogP contribution >= 0.6 is 0 Å². The van der Waals surface area contributed by atoms with Crippen LogP contribution in [0.4, 0.5) is 52.7 Å². The molecule has 3 aliphatic rings.